The van der Waals surface area contributed by atoms with E-state index in [4.69, 9.17) is 4.74 Å². The minimum atomic E-state index is -0.102. The zero-order valence-corrected chi connectivity index (χ0v) is 12.2. The highest BCUT2D eigenvalue weighted by Crippen LogP contribution is 2.13. The Morgan fingerprint density at radius 2 is 2.10 bits per heavy atom. The van der Waals surface area contributed by atoms with Gasteiger partial charge in [0.25, 0.3) is 0 Å². The Morgan fingerprint density at radius 1 is 1.35 bits per heavy atom. The Morgan fingerprint density at radius 3 is 2.70 bits per heavy atom. The highest BCUT2D eigenvalue weighted by molar-refractivity contribution is 5.73. The van der Waals surface area contributed by atoms with E-state index in [1.54, 1.807) is 7.11 Å². The lowest BCUT2D eigenvalue weighted by Crippen LogP contribution is -2.38. The number of ether oxygens (including phenoxy) is 1. The monoisotopic (exact) mass is 277 g/mol. The van der Waals surface area contributed by atoms with Gasteiger partial charge in [0.05, 0.1) is 7.11 Å². The van der Waals surface area contributed by atoms with E-state index in [0.29, 0.717) is 12.5 Å². The summed E-state index contributed by atoms with van der Waals surface area (Å²) in [7, 11) is 3.75. The Balaban J connectivity index is 1.66. The summed E-state index contributed by atoms with van der Waals surface area (Å²) in [5.41, 5.74) is 1.06. The second-order valence-corrected chi connectivity index (χ2v) is 5.33. The van der Waals surface area contributed by atoms with Gasteiger partial charge in [0.2, 0.25) is 0 Å². The molecule has 0 aliphatic carbocycles. The summed E-state index contributed by atoms with van der Waals surface area (Å²) >= 11 is 0. The molecule has 1 unspecified atom stereocenters. The summed E-state index contributed by atoms with van der Waals surface area (Å²) in [4.78, 5) is 14.0. The van der Waals surface area contributed by atoms with Crippen molar-refractivity contribution in [3.05, 3.63) is 29.8 Å². The van der Waals surface area contributed by atoms with Crippen LogP contribution in [0, 0.1) is 5.92 Å². The van der Waals surface area contributed by atoms with Crippen LogP contribution in [-0.4, -0.2) is 44.7 Å². The smallest absolute Gasteiger partial charge is 0.315 e. The first kappa shape index (κ1) is 14.7. The maximum Gasteiger partial charge on any atom is 0.315 e. The molecule has 1 aromatic rings. The van der Waals surface area contributed by atoms with Crippen LogP contribution >= 0.6 is 0 Å². The molecule has 110 valence electrons. The third kappa shape index (κ3) is 4.42. The molecular weight excluding hydrogens is 254 g/mol. The lowest BCUT2D eigenvalue weighted by molar-refractivity contribution is 0.238. The first-order chi connectivity index (χ1) is 9.67. The van der Waals surface area contributed by atoms with Crippen LogP contribution in [0.2, 0.25) is 0 Å². The van der Waals surface area contributed by atoms with Gasteiger partial charge in [-0.1, -0.05) is 12.1 Å². The number of likely N-dealkylation sites (tertiary alicyclic amines) is 1. The zero-order valence-electron chi connectivity index (χ0n) is 12.2. The molecular formula is C15H23N3O2. The molecule has 0 aromatic heterocycles. The highest BCUT2D eigenvalue weighted by Gasteiger charge is 2.19. The van der Waals surface area contributed by atoms with Gasteiger partial charge < -0.3 is 20.3 Å². The maximum atomic E-state index is 11.7. The van der Waals surface area contributed by atoms with Crippen molar-refractivity contribution >= 4 is 6.03 Å². The van der Waals surface area contributed by atoms with Gasteiger partial charge in [-0.2, -0.15) is 0 Å². The van der Waals surface area contributed by atoms with Gasteiger partial charge in [-0.15, -0.1) is 0 Å². The topological polar surface area (TPSA) is 53.6 Å². The first-order valence-electron chi connectivity index (χ1n) is 7.00. The first-order valence-corrected chi connectivity index (χ1v) is 7.00. The number of hydrogen-bond acceptors (Lipinski definition) is 3. The second kappa shape index (κ2) is 7.14. The molecule has 1 atom stereocenters. The number of urea groups is 1. The zero-order chi connectivity index (χ0) is 14.4. The molecule has 0 bridgehead atoms. The molecule has 1 aliphatic heterocycles. The molecule has 2 N–H and O–H groups in total. The molecule has 1 fully saturated rings. The Bertz CT molecular complexity index is 433. The quantitative estimate of drug-likeness (QED) is 0.856. The van der Waals surface area contributed by atoms with Crippen LogP contribution in [-0.2, 0) is 6.54 Å². The third-order valence-electron chi connectivity index (χ3n) is 3.65. The normalized spacial score (nSPS) is 18.8. The summed E-state index contributed by atoms with van der Waals surface area (Å²) in [6, 6.07) is 7.58. The average molecular weight is 277 g/mol. The SMILES string of the molecule is COc1ccc(CNC(=O)NCC2CCN(C)C2)cc1. The standard InChI is InChI=1S/C15H23N3O2/c1-18-8-7-13(11-18)10-17-15(19)16-9-12-3-5-14(20-2)6-4-12/h3-6,13H,7-11H2,1-2H3,(H2,16,17,19). The minimum absolute atomic E-state index is 0.102. The van der Waals surface area contributed by atoms with Crippen molar-refractivity contribution in [2.24, 2.45) is 5.92 Å². The number of carbonyl (C=O) groups excluding carboxylic acids is 1. The molecule has 0 saturated carbocycles. The average Bonchev–Trinajstić information content (AvgIpc) is 2.89. The van der Waals surface area contributed by atoms with Crippen LogP contribution < -0.4 is 15.4 Å². The molecule has 0 radical (unpaired) electrons. The number of hydrogen-bond donors (Lipinski definition) is 2. The van der Waals surface area contributed by atoms with Crippen molar-refractivity contribution in [1.82, 2.24) is 15.5 Å². The maximum absolute atomic E-state index is 11.7. The summed E-state index contributed by atoms with van der Waals surface area (Å²) in [6.45, 7) is 3.47. The highest BCUT2D eigenvalue weighted by atomic mass is 16.5. The van der Waals surface area contributed by atoms with Crippen LogP contribution in [0.4, 0.5) is 4.79 Å². The summed E-state index contributed by atoms with van der Waals surface area (Å²) < 4.78 is 5.10. The molecule has 5 nitrogen and oxygen atoms in total. The van der Waals surface area contributed by atoms with E-state index in [1.165, 1.54) is 0 Å². The van der Waals surface area contributed by atoms with Gasteiger partial charge in [0.1, 0.15) is 5.75 Å². The van der Waals surface area contributed by atoms with E-state index in [2.05, 4.69) is 22.6 Å². The van der Waals surface area contributed by atoms with Gasteiger partial charge in [-0.05, 0) is 43.6 Å². The second-order valence-electron chi connectivity index (χ2n) is 5.33. The van der Waals surface area contributed by atoms with E-state index < -0.39 is 0 Å². The van der Waals surface area contributed by atoms with E-state index >= 15 is 0 Å². The molecule has 20 heavy (non-hydrogen) atoms. The predicted molar refractivity (Wildman–Crippen MR) is 78.8 cm³/mol. The fourth-order valence-electron chi connectivity index (χ4n) is 2.42. The number of benzene rings is 1. The van der Waals surface area contributed by atoms with E-state index in [1.807, 2.05) is 24.3 Å². The van der Waals surface area contributed by atoms with Crippen molar-refractivity contribution in [2.75, 3.05) is 33.8 Å². The largest absolute Gasteiger partial charge is 0.497 e. The molecule has 5 heteroatoms. The van der Waals surface area contributed by atoms with Crippen molar-refractivity contribution < 1.29 is 9.53 Å². The number of nitrogens with zero attached hydrogens (tertiary/aromatic N) is 1. The minimum Gasteiger partial charge on any atom is -0.497 e. The van der Waals surface area contributed by atoms with Gasteiger partial charge in [0, 0.05) is 19.6 Å². The Labute approximate surface area is 120 Å². The number of methoxy groups -OCH3 is 1. The lowest BCUT2D eigenvalue weighted by atomic mass is 10.1. The summed E-state index contributed by atoms with van der Waals surface area (Å²) in [6.07, 6.45) is 1.16. The summed E-state index contributed by atoms with van der Waals surface area (Å²) in [5, 5.41) is 5.80. The number of nitrogens with one attached hydrogen (secondary N) is 2. The number of rotatable bonds is 5. The van der Waals surface area contributed by atoms with E-state index in [0.717, 1.165) is 37.4 Å². The van der Waals surface area contributed by atoms with Gasteiger partial charge in [-0.25, -0.2) is 4.79 Å². The van der Waals surface area contributed by atoms with Crippen LogP contribution in [0.1, 0.15) is 12.0 Å². The Kier molecular flexibility index (Phi) is 5.24. The fraction of sp³-hybridized carbons (Fsp3) is 0.533. The Hall–Kier alpha value is -1.75. The van der Waals surface area contributed by atoms with E-state index in [-0.39, 0.29) is 6.03 Å². The van der Waals surface area contributed by atoms with Crippen molar-refractivity contribution in [1.29, 1.82) is 0 Å². The number of carbonyl (C=O) groups is 1. The van der Waals surface area contributed by atoms with Crippen LogP contribution in [0.3, 0.4) is 0 Å². The molecule has 1 heterocycles. The van der Waals surface area contributed by atoms with Gasteiger partial charge in [-0.3, -0.25) is 0 Å². The molecule has 0 spiro atoms. The van der Waals surface area contributed by atoms with Crippen LogP contribution in [0.15, 0.2) is 24.3 Å². The molecule has 1 aromatic carbocycles. The molecule has 1 aliphatic rings. The van der Waals surface area contributed by atoms with Crippen molar-refractivity contribution in [3.8, 4) is 5.75 Å². The van der Waals surface area contributed by atoms with Crippen molar-refractivity contribution in [2.45, 2.75) is 13.0 Å². The molecule has 2 rings (SSSR count). The fourth-order valence-corrected chi connectivity index (χ4v) is 2.42. The third-order valence-corrected chi connectivity index (χ3v) is 3.65. The van der Waals surface area contributed by atoms with Crippen molar-refractivity contribution in [3.63, 3.8) is 0 Å². The molecule has 2 amide bonds. The molecule has 1 saturated heterocycles. The predicted octanol–water partition coefficient (Wildman–Crippen LogP) is 1.45. The van der Waals surface area contributed by atoms with E-state index in [9.17, 15) is 4.79 Å². The summed E-state index contributed by atoms with van der Waals surface area (Å²) in [5.74, 6) is 1.40. The van der Waals surface area contributed by atoms with Crippen LogP contribution in [0.25, 0.3) is 0 Å². The van der Waals surface area contributed by atoms with Crippen LogP contribution in [0.5, 0.6) is 5.75 Å². The number of amides is 2. The van der Waals surface area contributed by atoms with Gasteiger partial charge in [0.15, 0.2) is 0 Å². The van der Waals surface area contributed by atoms with Gasteiger partial charge >= 0.3 is 6.03 Å². The lowest BCUT2D eigenvalue weighted by Gasteiger charge is -2.12.